The average Bonchev–Trinajstić information content (AvgIpc) is 2.96. The summed E-state index contributed by atoms with van der Waals surface area (Å²) in [6.45, 7) is 3.70. The lowest BCUT2D eigenvalue weighted by atomic mass is 9.78. The van der Waals surface area contributed by atoms with E-state index in [4.69, 9.17) is 5.73 Å². The van der Waals surface area contributed by atoms with E-state index in [1.54, 1.807) is 0 Å². The highest BCUT2D eigenvalue weighted by molar-refractivity contribution is 7.10. The van der Waals surface area contributed by atoms with Crippen molar-refractivity contribution < 1.29 is 4.79 Å². The van der Waals surface area contributed by atoms with E-state index in [-0.39, 0.29) is 12.0 Å². The van der Waals surface area contributed by atoms with Crippen molar-refractivity contribution in [1.82, 2.24) is 4.90 Å². The van der Waals surface area contributed by atoms with Crippen LogP contribution in [-0.4, -0.2) is 23.9 Å². The van der Waals surface area contributed by atoms with Gasteiger partial charge in [-0.1, -0.05) is 12.8 Å². The second kappa shape index (κ2) is 5.86. The fourth-order valence-electron chi connectivity index (χ4n) is 3.84. The quantitative estimate of drug-likeness (QED) is 0.911. The van der Waals surface area contributed by atoms with Crippen LogP contribution in [0.5, 0.6) is 0 Å². The lowest BCUT2D eigenvalue weighted by molar-refractivity contribution is -0.141. The first-order valence-corrected chi connectivity index (χ1v) is 8.67. The van der Waals surface area contributed by atoms with Crippen LogP contribution in [0.4, 0.5) is 0 Å². The van der Waals surface area contributed by atoms with E-state index in [9.17, 15) is 4.79 Å². The molecular formula is C16H24N2OS. The Labute approximate surface area is 125 Å². The zero-order valence-corrected chi connectivity index (χ0v) is 13.0. The molecule has 2 aliphatic rings. The highest BCUT2D eigenvalue weighted by atomic mass is 32.1. The van der Waals surface area contributed by atoms with Crippen molar-refractivity contribution in [3.8, 4) is 0 Å². The first-order valence-electron chi connectivity index (χ1n) is 7.79. The molecular weight excluding hydrogens is 268 g/mol. The van der Waals surface area contributed by atoms with E-state index in [1.807, 2.05) is 11.3 Å². The van der Waals surface area contributed by atoms with Gasteiger partial charge in [-0.2, -0.15) is 0 Å². The Bertz CT molecular complexity index is 485. The van der Waals surface area contributed by atoms with Gasteiger partial charge in [0.15, 0.2) is 0 Å². The smallest absolute Gasteiger partial charge is 0.226 e. The Hall–Kier alpha value is -0.870. The highest BCUT2D eigenvalue weighted by Crippen LogP contribution is 2.37. The molecule has 3 rings (SSSR count). The van der Waals surface area contributed by atoms with Crippen molar-refractivity contribution in [2.24, 2.45) is 17.6 Å². The largest absolute Gasteiger partial charge is 0.335 e. The lowest BCUT2D eigenvalue weighted by Gasteiger charge is -2.39. The zero-order valence-electron chi connectivity index (χ0n) is 12.2. The molecule has 1 fully saturated rings. The Balaban J connectivity index is 1.77. The van der Waals surface area contributed by atoms with Gasteiger partial charge in [0.05, 0.1) is 6.04 Å². The molecule has 2 heterocycles. The molecule has 110 valence electrons. The minimum absolute atomic E-state index is 0.163. The number of rotatable bonds is 2. The van der Waals surface area contributed by atoms with Gasteiger partial charge in [0.25, 0.3) is 0 Å². The summed E-state index contributed by atoms with van der Waals surface area (Å²) in [5.74, 6) is 0.910. The van der Waals surface area contributed by atoms with Gasteiger partial charge in [0, 0.05) is 17.3 Å². The predicted molar refractivity (Wildman–Crippen MR) is 82.7 cm³/mol. The molecule has 1 aromatic rings. The Morgan fingerprint density at radius 2 is 2.25 bits per heavy atom. The van der Waals surface area contributed by atoms with E-state index in [0.717, 1.165) is 25.8 Å². The number of nitrogens with zero attached hydrogens (tertiary/aromatic N) is 1. The third-order valence-electron chi connectivity index (χ3n) is 5.09. The number of carbonyl (C=O) groups is 1. The van der Waals surface area contributed by atoms with Gasteiger partial charge in [-0.3, -0.25) is 4.79 Å². The molecule has 20 heavy (non-hydrogen) atoms. The highest BCUT2D eigenvalue weighted by Gasteiger charge is 2.36. The van der Waals surface area contributed by atoms with E-state index < -0.39 is 0 Å². The van der Waals surface area contributed by atoms with Crippen LogP contribution in [0.25, 0.3) is 0 Å². The number of carbonyl (C=O) groups excluding carboxylic acids is 1. The van der Waals surface area contributed by atoms with Crippen molar-refractivity contribution in [3.05, 3.63) is 21.9 Å². The molecule has 0 saturated heterocycles. The Kier molecular flexibility index (Phi) is 4.13. The summed E-state index contributed by atoms with van der Waals surface area (Å²) in [5, 5.41) is 2.15. The molecule has 1 aliphatic heterocycles. The molecule has 0 bridgehead atoms. The number of amides is 1. The van der Waals surface area contributed by atoms with E-state index in [2.05, 4.69) is 23.3 Å². The molecule has 3 atom stereocenters. The minimum Gasteiger partial charge on any atom is -0.335 e. The third kappa shape index (κ3) is 2.40. The van der Waals surface area contributed by atoms with E-state index >= 15 is 0 Å². The lowest BCUT2D eigenvalue weighted by Crippen LogP contribution is -2.45. The van der Waals surface area contributed by atoms with E-state index in [1.165, 1.54) is 23.3 Å². The molecule has 4 heteroatoms. The number of nitrogens with two attached hydrogens (primary N) is 1. The summed E-state index contributed by atoms with van der Waals surface area (Å²) in [5.41, 5.74) is 7.24. The van der Waals surface area contributed by atoms with Crippen molar-refractivity contribution in [2.75, 3.05) is 13.1 Å². The molecule has 3 unspecified atom stereocenters. The fraction of sp³-hybridized carbons (Fsp3) is 0.688. The van der Waals surface area contributed by atoms with Crippen molar-refractivity contribution in [3.63, 3.8) is 0 Å². The van der Waals surface area contributed by atoms with Crippen LogP contribution in [0.1, 0.15) is 49.1 Å². The SMILES string of the molecule is CC1c2ccsc2CCN1C(=O)C1CCCCC1CN. The summed E-state index contributed by atoms with van der Waals surface area (Å²) in [6.07, 6.45) is 5.58. The van der Waals surface area contributed by atoms with Crippen LogP contribution in [0.15, 0.2) is 11.4 Å². The fourth-order valence-corrected chi connectivity index (χ4v) is 4.80. The van der Waals surface area contributed by atoms with Gasteiger partial charge >= 0.3 is 0 Å². The number of thiophene rings is 1. The first-order chi connectivity index (χ1) is 9.72. The number of fused-ring (bicyclic) bond motifs is 1. The Morgan fingerprint density at radius 1 is 1.45 bits per heavy atom. The minimum atomic E-state index is 0.163. The molecule has 2 N–H and O–H groups in total. The average molecular weight is 292 g/mol. The first kappa shape index (κ1) is 14.1. The van der Waals surface area contributed by atoms with Crippen molar-refractivity contribution in [1.29, 1.82) is 0 Å². The van der Waals surface area contributed by atoms with Gasteiger partial charge in [-0.15, -0.1) is 11.3 Å². The maximum atomic E-state index is 12.9. The molecule has 1 aliphatic carbocycles. The van der Waals surface area contributed by atoms with Crippen LogP contribution < -0.4 is 5.73 Å². The maximum absolute atomic E-state index is 12.9. The molecule has 1 aromatic heterocycles. The Morgan fingerprint density at radius 3 is 3.05 bits per heavy atom. The van der Waals surface area contributed by atoms with Crippen LogP contribution in [0.3, 0.4) is 0 Å². The molecule has 0 radical (unpaired) electrons. The van der Waals surface area contributed by atoms with Crippen LogP contribution in [0.2, 0.25) is 0 Å². The number of hydrogen-bond donors (Lipinski definition) is 1. The standard InChI is InChI=1S/C16H24N2OS/c1-11-13-7-9-20-15(13)6-8-18(11)16(19)14-5-3-2-4-12(14)10-17/h7,9,11-12,14H,2-6,8,10,17H2,1H3. The predicted octanol–water partition coefficient (Wildman–Crippen LogP) is 2.96. The monoisotopic (exact) mass is 292 g/mol. The maximum Gasteiger partial charge on any atom is 0.226 e. The van der Waals surface area contributed by atoms with Crippen LogP contribution in [-0.2, 0) is 11.2 Å². The number of hydrogen-bond acceptors (Lipinski definition) is 3. The van der Waals surface area contributed by atoms with Crippen molar-refractivity contribution in [2.45, 2.75) is 45.1 Å². The molecule has 0 aromatic carbocycles. The third-order valence-corrected chi connectivity index (χ3v) is 6.09. The normalized spacial score (nSPS) is 30.1. The van der Waals surface area contributed by atoms with Crippen LogP contribution in [0, 0.1) is 11.8 Å². The van der Waals surface area contributed by atoms with Gasteiger partial charge in [-0.05, 0) is 55.7 Å². The second-order valence-electron chi connectivity index (χ2n) is 6.14. The van der Waals surface area contributed by atoms with Gasteiger partial charge in [0.2, 0.25) is 5.91 Å². The van der Waals surface area contributed by atoms with Gasteiger partial charge in [-0.25, -0.2) is 0 Å². The van der Waals surface area contributed by atoms with Crippen LogP contribution >= 0.6 is 11.3 Å². The molecule has 1 amide bonds. The summed E-state index contributed by atoms with van der Waals surface area (Å²) in [4.78, 5) is 16.5. The molecule has 3 nitrogen and oxygen atoms in total. The molecule has 0 spiro atoms. The summed E-state index contributed by atoms with van der Waals surface area (Å²) < 4.78 is 0. The van der Waals surface area contributed by atoms with E-state index in [0.29, 0.717) is 18.4 Å². The zero-order chi connectivity index (χ0) is 14.1. The van der Waals surface area contributed by atoms with Gasteiger partial charge < -0.3 is 10.6 Å². The van der Waals surface area contributed by atoms with Crippen molar-refractivity contribution >= 4 is 17.2 Å². The summed E-state index contributed by atoms with van der Waals surface area (Å²) in [7, 11) is 0. The summed E-state index contributed by atoms with van der Waals surface area (Å²) in [6, 6.07) is 2.42. The van der Waals surface area contributed by atoms with Gasteiger partial charge in [0.1, 0.15) is 0 Å². The second-order valence-corrected chi connectivity index (χ2v) is 7.14. The molecule has 1 saturated carbocycles. The topological polar surface area (TPSA) is 46.3 Å². The summed E-state index contributed by atoms with van der Waals surface area (Å²) >= 11 is 1.83.